The number of alkyl halides is 3. The van der Waals surface area contributed by atoms with Gasteiger partial charge in [-0.2, -0.15) is 0 Å². The summed E-state index contributed by atoms with van der Waals surface area (Å²) in [4.78, 5) is 80.7. The average Bonchev–Trinajstić information content (AvgIpc) is 3.56. The number of aromatic nitrogens is 1. The Kier molecular flexibility index (Phi) is 12.8. The van der Waals surface area contributed by atoms with Gasteiger partial charge >= 0.3 is 12.3 Å². The maximum atomic E-state index is 13.9. The monoisotopic (exact) mass is 794 g/mol. The molecule has 18 heteroatoms. The number of carboxylic acids is 1. The summed E-state index contributed by atoms with van der Waals surface area (Å²) in [5, 5.41) is 22.2. The molecular formula is C38H34ClF3N6O8. The van der Waals surface area contributed by atoms with Crippen LogP contribution in [0.3, 0.4) is 0 Å². The normalized spacial score (nSPS) is 12.9. The van der Waals surface area contributed by atoms with Gasteiger partial charge in [0.15, 0.2) is 0 Å². The van der Waals surface area contributed by atoms with Crippen molar-refractivity contribution < 1.29 is 51.8 Å². The Morgan fingerprint density at radius 3 is 2.12 bits per heavy atom. The van der Waals surface area contributed by atoms with Crippen LogP contribution in [0.15, 0.2) is 91.0 Å². The van der Waals surface area contributed by atoms with Crippen LogP contribution < -0.4 is 31.7 Å². The van der Waals surface area contributed by atoms with E-state index in [0.29, 0.717) is 21.5 Å². The Hall–Kier alpha value is -6.62. The second-order valence-electron chi connectivity index (χ2n) is 12.6. The van der Waals surface area contributed by atoms with Crippen LogP contribution in [0.25, 0.3) is 21.7 Å². The SMILES string of the molecule is NC(=O)CC[C@H](NC(=O)[C@H](CC(=O)O)NC(=O)[C@H](Cc1ccc2ccccc2c1)NC(=O)c1cc2cc(Cl)ccc2[nH]1)C(=O)Nc1ccc(OC(F)(F)F)cc1. The highest BCUT2D eigenvalue weighted by atomic mass is 35.5. The largest absolute Gasteiger partial charge is 0.573 e. The van der Waals surface area contributed by atoms with Crippen LogP contribution in [0.1, 0.15) is 35.3 Å². The molecule has 5 amide bonds. The summed E-state index contributed by atoms with van der Waals surface area (Å²) in [5.74, 6) is -6.62. The third kappa shape index (κ3) is 11.4. The van der Waals surface area contributed by atoms with Gasteiger partial charge in [-0.15, -0.1) is 13.2 Å². The quantitative estimate of drug-likeness (QED) is 0.0749. The first-order valence-corrected chi connectivity index (χ1v) is 17.2. The van der Waals surface area contributed by atoms with Gasteiger partial charge in [0.25, 0.3) is 5.91 Å². The van der Waals surface area contributed by atoms with Crippen LogP contribution >= 0.6 is 11.6 Å². The predicted molar refractivity (Wildman–Crippen MR) is 199 cm³/mol. The van der Waals surface area contributed by atoms with Crippen LogP contribution in [0.2, 0.25) is 5.02 Å². The van der Waals surface area contributed by atoms with Crippen LogP contribution in [0.4, 0.5) is 18.9 Å². The van der Waals surface area contributed by atoms with Gasteiger partial charge in [-0.3, -0.25) is 28.8 Å². The van der Waals surface area contributed by atoms with Gasteiger partial charge in [-0.25, -0.2) is 0 Å². The highest BCUT2D eigenvalue weighted by molar-refractivity contribution is 6.31. The molecule has 3 atom stereocenters. The zero-order valence-electron chi connectivity index (χ0n) is 29.1. The highest BCUT2D eigenvalue weighted by Gasteiger charge is 2.33. The molecule has 0 unspecified atom stereocenters. The Morgan fingerprint density at radius 1 is 0.768 bits per heavy atom. The lowest BCUT2D eigenvalue weighted by atomic mass is 10.0. The van der Waals surface area contributed by atoms with E-state index in [-0.39, 0.29) is 24.2 Å². The summed E-state index contributed by atoms with van der Waals surface area (Å²) in [7, 11) is 0. The van der Waals surface area contributed by atoms with Crippen LogP contribution in [-0.4, -0.2) is 70.1 Å². The second kappa shape index (κ2) is 17.7. The first kappa shape index (κ1) is 40.6. The van der Waals surface area contributed by atoms with Crippen molar-refractivity contribution in [2.45, 2.75) is 50.2 Å². The van der Waals surface area contributed by atoms with E-state index in [4.69, 9.17) is 17.3 Å². The van der Waals surface area contributed by atoms with E-state index in [2.05, 4.69) is 31.0 Å². The molecule has 0 saturated carbocycles. The molecule has 0 radical (unpaired) electrons. The number of fused-ring (bicyclic) bond motifs is 2. The van der Waals surface area contributed by atoms with Gasteiger partial charge in [0, 0.05) is 34.5 Å². The molecule has 14 nitrogen and oxygen atoms in total. The molecule has 0 aliphatic rings. The maximum absolute atomic E-state index is 13.9. The molecule has 5 aromatic rings. The second-order valence-corrected chi connectivity index (χ2v) is 13.0. The number of carbonyl (C=O) groups excluding carboxylic acids is 5. The van der Waals surface area contributed by atoms with E-state index in [0.717, 1.165) is 35.0 Å². The summed E-state index contributed by atoms with van der Waals surface area (Å²) >= 11 is 6.09. The molecule has 0 aliphatic heterocycles. The minimum absolute atomic E-state index is 0.0106. The fourth-order valence-corrected chi connectivity index (χ4v) is 5.91. The number of carbonyl (C=O) groups is 6. The number of carboxylic acid groups (broad SMARTS) is 1. The van der Waals surface area contributed by atoms with Crippen LogP contribution in [-0.2, 0) is 30.4 Å². The van der Waals surface area contributed by atoms with Gasteiger partial charge in [0.05, 0.1) is 6.42 Å². The van der Waals surface area contributed by atoms with Crippen molar-refractivity contribution in [3.05, 3.63) is 107 Å². The number of anilines is 1. The Balaban J connectivity index is 1.36. The number of hydrogen-bond donors (Lipinski definition) is 7. The number of nitrogens with two attached hydrogens (primary N) is 1. The molecule has 1 aromatic heterocycles. The summed E-state index contributed by atoms with van der Waals surface area (Å²) in [6.07, 6.45) is -6.78. The fraction of sp³-hybridized carbons (Fsp3) is 0.211. The van der Waals surface area contributed by atoms with Crippen molar-refractivity contribution in [3.63, 3.8) is 0 Å². The van der Waals surface area contributed by atoms with E-state index in [1.54, 1.807) is 24.3 Å². The summed E-state index contributed by atoms with van der Waals surface area (Å²) in [6.45, 7) is 0. The molecule has 0 bridgehead atoms. The van der Waals surface area contributed by atoms with Gasteiger partial charge in [-0.1, -0.05) is 54.1 Å². The molecule has 0 fully saturated rings. The van der Waals surface area contributed by atoms with Crippen molar-refractivity contribution >= 4 is 74.5 Å². The molecule has 1 heterocycles. The zero-order valence-corrected chi connectivity index (χ0v) is 29.9. The molecule has 8 N–H and O–H groups in total. The van der Waals surface area contributed by atoms with E-state index >= 15 is 0 Å². The van der Waals surface area contributed by atoms with Crippen molar-refractivity contribution in [1.29, 1.82) is 0 Å². The number of aliphatic carboxylic acids is 1. The van der Waals surface area contributed by atoms with Crippen molar-refractivity contribution in [2.24, 2.45) is 5.73 Å². The Morgan fingerprint density at radius 2 is 1.45 bits per heavy atom. The molecular weight excluding hydrogens is 761 g/mol. The predicted octanol–water partition coefficient (Wildman–Crippen LogP) is 4.56. The first-order valence-electron chi connectivity index (χ1n) is 16.9. The average molecular weight is 795 g/mol. The third-order valence-electron chi connectivity index (χ3n) is 8.38. The van der Waals surface area contributed by atoms with E-state index in [1.165, 1.54) is 6.07 Å². The minimum atomic E-state index is -4.95. The molecule has 56 heavy (non-hydrogen) atoms. The molecule has 5 rings (SSSR count). The number of aromatic amines is 1. The number of rotatable bonds is 16. The lowest BCUT2D eigenvalue weighted by Gasteiger charge is -2.25. The molecule has 0 spiro atoms. The van der Waals surface area contributed by atoms with Crippen LogP contribution in [0, 0.1) is 0 Å². The number of benzene rings is 4. The fourth-order valence-electron chi connectivity index (χ4n) is 5.73. The van der Waals surface area contributed by atoms with E-state index in [9.17, 15) is 47.0 Å². The number of amides is 5. The van der Waals surface area contributed by atoms with Gasteiger partial charge < -0.3 is 41.8 Å². The van der Waals surface area contributed by atoms with E-state index in [1.807, 2.05) is 36.4 Å². The molecule has 0 saturated heterocycles. The summed E-state index contributed by atoms with van der Waals surface area (Å²) in [6, 6.07) is 18.6. The molecule has 4 aromatic carbocycles. The lowest BCUT2D eigenvalue weighted by molar-refractivity contribution is -0.274. The summed E-state index contributed by atoms with van der Waals surface area (Å²) in [5.41, 5.74) is 6.54. The number of primary amides is 1. The zero-order chi connectivity index (χ0) is 40.6. The Bertz CT molecular complexity index is 2280. The standard InChI is InChI=1S/C38H34ClF3N6O8/c39-24-7-12-27-23(17-24)18-30(45-27)36(54)47-29(16-20-5-6-21-3-1-2-4-22(21)15-20)35(53)48-31(19-33(50)51)37(55)46-28(13-14-32(43)49)34(52)44-25-8-10-26(11-9-25)56-38(40,41)42/h1-12,15,17-18,28-29,31,45H,13-14,16,19H2,(H2,43,49)(H,44,52)(H,46,55)(H,47,54)(H,48,53)(H,50,51)/t28-,29-,31-/m0/s1. The Labute approximate surface area is 320 Å². The topological polar surface area (TPSA) is 222 Å². The third-order valence-corrected chi connectivity index (χ3v) is 8.62. The minimum Gasteiger partial charge on any atom is -0.481 e. The van der Waals surface area contributed by atoms with Crippen molar-refractivity contribution in [2.75, 3.05) is 5.32 Å². The smallest absolute Gasteiger partial charge is 0.481 e. The van der Waals surface area contributed by atoms with Crippen molar-refractivity contribution in [3.8, 4) is 5.75 Å². The van der Waals surface area contributed by atoms with Gasteiger partial charge in [0.2, 0.25) is 23.6 Å². The number of H-pyrrole nitrogens is 1. The number of nitrogens with one attached hydrogen (secondary N) is 5. The van der Waals surface area contributed by atoms with Gasteiger partial charge in [0.1, 0.15) is 29.6 Å². The maximum Gasteiger partial charge on any atom is 0.573 e. The van der Waals surface area contributed by atoms with Crippen molar-refractivity contribution in [1.82, 2.24) is 20.9 Å². The number of halogens is 4. The summed E-state index contributed by atoms with van der Waals surface area (Å²) < 4.78 is 41.5. The molecule has 292 valence electrons. The van der Waals surface area contributed by atoms with E-state index < -0.39 is 78.6 Å². The van der Waals surface area contributed by atoms with Crippen LogP contribution in [0.5, 0.6) is 5.75 Å². The highest BCUT2D eigenvalue weighted by Crippen LogP contribution is 2.25. The number of ether oxygens (including phenoxy) is 1. The van der Waals surface area contributed by atoms with Gasteiger partial charge in [-0.05, 0) is 71.3 Å². The number of hydrogen-bond acceptors (Lipinski definition) is 7. The first-order chi connectivity index (χ1) is 26.5. The molecule has 0 aliphatic carbocycles. The lowest BCUT2D eigenvalue weighted by Crippen LogP contribution is -2.57.